The summed E-state index contributed by atoms with van der Waals surface area (Å²) in [5, 5.41) is 8.42. The molecule has 1 aromatic heterocycles. The first kappa shape index (κ1) is 20.8. The maximum Gasteiger partial charge on any atom is 0.262 e. The maximum absolute atomic E-state index is 13.4. The van der Waals surface area contributed by atoms with Crippen molar-refractivity contribution in [1.29, 1.82) is 0 Å². The molecule has 3 aliphatic heterocycles. The molecular weight excluding hydrogens is 430 g/mol. The van der Waals surface area contributed by atoms with Crippen molar-refractivity contribution in [1.82, 2.24) is 20.5 Å². The molecule has 1 atom stereocenters. The van der Waals surface area contributed by atoms with E-state index in [4.69, 9.17) is 0 Å². The normalized spacial score (nSPS) is 21.6. The van der Waals surface area contributed by atoms with Gasteiger partial charge in [0.1, 0.15) is 6.04 Å². The van der Waals surface area contributed by atoms with Crippen molar-refractivity contribution < 1.29 is 19.2 Å². The van der Waals surface area contributed by atoms with E-state index in [0.29, 0.717) is 17.7 Å². The Hall–Kier alpha value is -3.11. The van der Waals surface area contributed by atoms with Gasteiger partial charge in [0.05, 0.1) is 11.1 Å². The van der Waals surface area contributed by atoms with Crippen LogP contribution in [0.5, 0.6) is 0 Å². The molecule has 9 nitrogen and oxygen atoms in total. The minimum absolute atomic E-state index is 0.101. The molecule has 5 rings (SSSR count). The lowest BCUT2D eigenvalue weighted by molar-refractivity contribution is -0.136. The van der Waals surface area contributed by atoms with Gasteiger partial charge in [0.15, 0.2) is 5.13 Å². The lowest BCUT2D eigenvalue weighted by atomic mass is 10.00. The summed E-state index contributed by atoms with van der Waals surface area (Å²) in [6, 6.07) is 4.57. The number of amides is 4. The molecule has 10 heteroatoms. The zero-order valence-electron chi connectivity index (χ0n) is 17.4. The van der Waals surface area contributed by atoms with Crippen molar-refractivity contribution in [2.24, 2.45) is 0 Å². The lowest BCUT2D eigenvalue weighted by Crippen LogP contribution is -2.54. The molecule has 4 heterocycles. The molecule has 4 amide bonds. The highest BCUT2D eigenvalue weighted by Crippen LogP contribution is 2.33. The van der Waals surface area contributed by atoms with Crippen LogP contribution in [0, 0.1) is 0 Å². The zero-order chi connectivity index (χ0) is 22.2. The molecule has 1 unspecified atom stereocenters. The van der Waals surface area contributed by atoms with Gasteiger partial charge in [-0.05, 0) is 44.0 Å². The molecule has 0 spiro atoms. The van der Waals surface area contributed by atoms with Gasteiger partial charge in [0, 0.05) is 30.6 Å². The third kappa shape index (κ3) is 3.59. The smallest absolute Gasteiger partial charge is 0.262 e. The van der Waals surface area contributed by atoms with Crippen LogP contribution in [-0.4, -0.2) is 58.7 Å². The van der Waals surface area contributed by atoms with Crippen LogP contribution in [-0.2, 0) is 16.1 Å². The highest BCUT2D eigenvalue weighted by atomic mass is 32.1. The summed E-state index contributed by atoms with van der Waals surface area (Å²) >= 11 is 1.55. The molecule has 0 radical (unpaired) electrons. The number of hydrogen-bond acceptors (Lipinski definition) is 8. The third-order valence-electron chi connectivity index (χ3n) is 6.31. The van der Waals surface area contributed by atoms with E-state index in [1.54, 1.807) is 29.7 Å². The first-order valence-corrected chi connectivity index (χ1v) is 11.6. The van der Waals surface area contributed by atoms with E-state index in [2.05, 4.69) is 20.5 Å². The van der Waals surface area contributed by atoms with E-state index in [1.165, 1.54) is 0 Å². The quantitative estimate of drug-likeness (QED) is 0.657. The van der Waals surface area contributed by atoms with Crippen LogP contribution in [0.25, 0.3) is 0 Å². The van der Waals surface area contributed by atoms with E-state index in [1.807, 2.05) is 11.4 Å². The van der Waals surface area contributed by atoms with E-state index < -0.39 is 23.8 Å². The third-order valence-corrected chi connectivity index (χ3v) is 7.12. The monoisotopic (exact) mass is 453 g/mol. The Balaban J connectivity index is 1.47. The largest absolute Gasteiger partial charge is 0.341 e. The van der Waals surface area contributed by atoms with Crippen LogP contribution in [0.2, 0.25) is 0 Å². The molecule has 2 aromatic rings. The van der Waals surface area contributed by atoms with Gasteiger partial charge >= 0.3 is 0 Å². The Morgan fingerprint density at radius 1 is 1.09 bits per heavy atom. The van der Waals surface area contributed by atoms with Crippen molar-refractivity contribution in [2.75, 3.05) is 18.0 Å². The number of carbonyl (C=O) groups is 4. The molecule has 2 saturated heterocycles. The molecule has 0 aliphatic carbocycles. The van der Waals surface area contributed by atoms with Gasteiger partial charge in [-0.25, -0.2) is 4.98 Å². The number of benzene rings is 1. The first-order valence-electron chi connectivity index (χ1n) is 10.7. The van der Waals surface area contributed by atoms with Crippen molar-refractivity contribution in [3.8, 4) is 0 Å². The van der Waals surface area contributed by atoms with Crippen LogP contribution in [0.3, 0.4) is 0 Å². The Labute approximate surface area is 188 Å². The number of fused-ring (bicyclic) bond motifs is 1. The van der Waals surface area contributed by atoms with Crippen molar-refractivity contribution in [2.45, 2.75) is 44.3 Å². The Kier molecular flexibility index (Phi) is 5.48. The predicted octanol–water partition coefficient (Wildman–Crippen LogP) is 1.30. The van der Waals surface area contributed by atoms with Crippen molar-refractivity contribution >= 4 is 40.1 Å². The van der Waals surface area contributed by atoms with E-state index in [-0.39, 0.29) is 24.8 Å². The number of carbonyl (C=O) groups excluding carboxylic acids is 4. The second kappa shape index (κ2) is 8.44. The highest BCUT2D eigenvalue weighted by molar-refractivity contribution is 7.13. The second-order valence-corrected chi connectivity index (χ2v) is 9.08. The summed E-state index contributed by atoms with van der Waals surface area (Å²) in [5.74, 6) is -1.94. The lowest BCUT2D eigenvalue weighted by Gasteiger charge is -2.35. The summed E-state index contributed by atoms with van der Waals surface area (Å²) in [6.07, 6.45) is 3.94. The SMILES string of the molecule is O=C1CCC(N2C(=O)c3cccc(CN(c4nccs4)C4CCNCC4)c3C2=O)C(=O)N1. The standard InChI is InChI=1S/C22H23N5O4S/c28-17-5-4-16(19(29)25-17)27-20(30)15-3-1-2-13(18(15)21(27)31)12-26(22-24-10-11-32-22)14-6-8-23-9-7-14/h1-3,10-11,14,16,23H,4-9,12H2,(H,25,28,29). The van der Waals surface area contributed by atoms with Gasteiger partial charge in [0.25, 0.3) is 11.8 Å². The first-order chi connectivity index (χ1) is 15.5. The molecule has 1 aromatic carbocycles. The summed E-state index contributed by atoms with van der Waals surface area (Å²) in [5.41, 5.74) is 1.39. The Morgan fingerprint density at radius 2 is 1.91 bits per heavy atom. The highest BCUT2D eigenvalue weighted by Gasteiger charge is 2.45. The molecule has 2 N–H and O–H groups in total. The van der Waals surface area contributed by atoms with Gasteiger partial charge < -0.3 is 10.2 Å². The molecule has 0 saturated carbocycles. The maximum atomic E-state index is 13.4. The van der Waals surface area contributed by atoms with Gasteiger partial charge in [-0.1, -0.05) is 12.1 Å². The van der Waals surface area contributed by atoms with E-state index in [0.717, 1.165) is 41.5 Å². The fourth-order valence-electron chi connectivity index (χ4n) is 4.73. The number of aromatic nitrogens is 1. The van der Waals surface area contributed by atoms with Crippen LogP contribution >= 0.6 is 11.3 Å². The van der Waals surface area contributed by atoms with Gasteiger partial charge in [-0.3, -0.25) is 29.4 Å². The number of anilines is 1. The number of piperidine rings is 2. The van der Waals surface area contributed by atoms with Gasteiger partial charge in [-0.2, -0.15) is 0 Å². The number of nitrogens with zero attached hydrogens (tertiary/aromatic N) is 3. The number of imide groups is 2. The summed E-state index contributed by atoms with van der Waals surface area (Å²) < 4.78 is 0. The fraction of sp³-hybridized carbons (Fsp3) is 0.409. The average Bonchev–Trinajstić information content (AvgIpc) is 3.41. The molecule has 32 heavy (non-hydrogen) atoms. The predicted molar refractivity (Wildman–Crippen MR) is 117 cm³/mol. The van der Waals surface area contributed by atoms with Crippen molar-refractivity contribution in [3.05, 3.63) is 46.5 Å². The Morgan fingerprint density at radius 3 is 2.62 bits per heavy atom. The zero-order valence-corrected chi connectivity index (χ0v) is 18.2. The van der Waals surface area contributed by atoms with Crippen molar-refractivity contribution in [3.63, 3.8) is 0 Å². The summed E-state index contributed by atoms with van der Waals surface area (Å²) in [7, 11) is 0. The van der Waals surface area contributed by atoms with Crippen LogP contribution in [0.15, 0.2) is 29.8 Å². The Bertz CT molecular complexity index is 1080. The van der Waals surface area contributed by atoms with Gasteiger partial charge in [0.2, 0.25) is 11.8 Å². The fourth-order valence-corrected chi connectivity index (χ4v) is 5.44. The summed E-state index contributed by atoms with van der Waals surface area (Å²) in [6.45, 7) is 2.28. The number of rotatable bonds is 5. The number of hydrogen-bond donors (Lipinski definition) is 2. The average molecular weight is 454 g/mol. The number of thiazole rings is 1. The van der Waals surface area contributed by atoms with Crippen LogP contribution in [0.4, 0.5) is 5.13 Å². The molecule has 0 bridgehead atoms. The summed E-state index contributed by atoms with van der Waals surface area (Å²) in [4.78, 5) is 58.1. The second-order valence-electron chi connectivity index (χ2n) is 8.21. The molecule has 166 valence electrons. The van der Waals surface area contributed by atoms with Gasteiger partial charge in [-0.15, -0.1) is 11.3 Å². The van der Waals surface area contributed by atoms with Crippen LogP contribution in [0.1, 0.15) is 52.0 Å². The van der Waals surface area contributed by atoms with E-state index in [9.17, 15) is 19.2 Å². The minimum atomic E-state index is -0.965. The molecule has 3 aliphatic rings. The molecule has 2 fully saturated rings. The minimum Gasteiger partial charge on any atom is -0.341 e. The number of nitrogens with one attached hydrogen (secondary N) is 2. The van der Waals surface area contributed by atoms with E-state index >= 15 is 0 Å². The topological polar surface area (TPSA) is 112 Å². The molecular formula is C22H23N5O4S. The van der Waals surface area contributed by atoms with Crippen LogP contribution < -0.4 is 15.5 Å².